The number of carbonyl (C=O) groups is 1. The fraction of sp³-hybridized carbons (Fsp3) is 0.500. The van der Waals surface area contributed by atoms with E-state index < -0.39 is 6.04 Å². The Hall–Kier alpha value is -1.35. The Bertz CT molecular complexity index is 384. The molecule has 3 nitrogen and oxygen atoms in total. The molecular weight excluding hydrogens is 212 g/mol. The Kier molecular flexibility index (Phi) is 3.48. The van der Waals surface area contributed by atoms with E-state index in [4.69, 9.17) is 5.73 Å². The van der Waals surface area contributed by atoms with E-state index in [-0.39, 0.29) is 11.4 Å². The summed E-state index contributed by atoms with van der Waals surface area (Å²) in [6.07, 6.45) is 3.93. The maximum absolute atomic E-state index is 11.9. The number of rotatable bonds is 4. The van der Waals surface area contributed by atoms with Crippen molar-refractivity contribution >= 4 is 5.91 Å². The van der Waals surface area contributed by atoms with Gasteiger partial charge in [0.15, 0.2) is 0 Å². The lowest BCUT2D eigenvalue weighted by Gasteiger charge is -2.39. The number of amides is 1. The molecule has 1 amide bonds. The molecular formula is C14H20N2O. The summed E-state index contributed by atoms with van der Waals surface area (Å²) >= 11 is 0. The molecule has 3 N–H and O–H groups in total. The van der Waals surface area contributed by atoms with Gasteiger partial charge in [-0.3, -0.25) is 4.79 Å². The summed E-state index contributed by atoms with van der Waals surface area (Å²) in [7, 11) is 0. The Labute approximate surface area is 102 Å². The molecule has 0 spiro atoms. The quantitative estimate of drug-likeness (QED) is 0.828. The summed E-state index contributed by atoms with van der Waals surface area (Å²) in [5.41, 5.74) is 7.02. The van der Waals surface area contributed by atoms with Crippen molar-refractivity contribution in [2.75, 3.05) is 0 Å². The van der Waals surface area contributed by atoms with Gasteiger partial charge in [-0.1, -0.05) is 30.3 Å². The minimum Gasteiger partial charge on any atom is -0.350 e. The largest absolute Gasteiger partial charge is 0.350 e. The van der Waals surface area contributed by atoms with Gasteiger partial charge in [0.1, 0.15) is 0 Å². The monoisotopic (exact) mass is 232 g/mol. The van der Waals surface area contributed by atoms with Crippen molar-refractivity contribution in [3.63, 3.8) is 0 Å². The molecule has 2 rings (SSSR count). The third-order valence-electron chi connectivity index (χ3n) is 3.52. The van der Waals surface area contributed by atoms with Crippen LogP contribution in [0.25, 0.3) is 0 Å². The van der Waals surface area contributed by atoms with Crippen LogP contribution in [0.2, 0.25) is 0 Å². The number of hydrogen-bond donors (Lipinski definition) is 2. The van der Waals surface area contributed by atoms with E-state index in [0.29, 0.717) is 6.42 Å². The van der Waals surface area contributed by atoms with E-state index in [1.54, 1.807) is 0 Å². The van der Waals surface area contributed by atoms with Gasteiger partial charge in [0, 0.05) is 5.54 Å². The highest BCUT2D eigenvalue weighted by Gasteiger charge is 2.34. The number of nitrogens with one attached hydrogen (secondary N) is 1. The molecule has 0 aliphatic heterocycles. The average Bonchev–Trinajstić information content (AvgIpc) is 2.28. The van der Waals surface area contributed by atoms with Gasteiger partial charge in [0.25, 0.3) is 0 Å². The van der Waals surface area contributed by atoms with Crippen LogP contribution in [0.1, 0.15) is 31.7 Å². The van der Waals surface area contributed by atoms with Crippen molar-refractivity contribution < 1.29 is 4.79 Å². The fourth-order valence-corrected chi connectivity index (χ4v) is 2.18. The van der Waals surface area contributed by atoms with E-state index in [1.165, 1.54) is 6.42 Å². The minimum absolute atomic E-state index is 0.00854. The third-order valence-corrected chi connectivity index (χ3v) is 3.52. The van der Waals surface area contributed by atoms with E-state index >= 15 is 0 Å². The Morgan fingerprint density at radius 2 is 2.06 bits per heavy atom. The molecule has 0 saturated heterocycles. The van der Waals surface area contributed by atoms with Crippen LogP contribution in [-0.2, 0) is 11.2 Å². The second kappa shape index (κ2) is 4.88. The van der Waals surface area contributed by atoms with Crippen LogP contribution in [0.3, 0.4) is 0 Å². The topological polar surface area (TPSA) is 55.1 Å². The molecule has 1 atom stereocenters. The first-order valence-corrected chi connectivity index (χ1v) is 6.21. The Morgan fingerprint density at radius 3 is 2.59 bits per heavy atom. The maximum Gasteiger partial charge on any atom is 0.237 e. The molecule has 92 valence electrons. The van der Waals surface area contributed by atoms with Crippen LogP contribution in [0.15, 0.2) is 30.3 Å². The summed E-state index contributed by atoms with van der Waals surface area (Å²) in [6.45, 7) is 2.09. The lowest BCUT2D eigenvalue weighted by atomic mass is 9.78. The molecule has 1 fully saturated rings. The van der Waals surface area contributed by atoms with Gasteiger partial charge in [-0.25, -0.2) is 0 Å². The van der Waals surface area contributed by atoms with Crippen LogP contribution < -0.4 is 11.1 Å². The second-order valence-electron chi connectivity index (χ2n) is 5.20. The van der Waals surface area contributed by atoms with E-state index in [9.17, 15) is 4.79 Å². The standard InChI is InChI=1S/C14H20N2O/c1-14(8-5-9-14)16-13(17)12(15)10-11-6-3-2-4-7-11/h2-4,6-7,12H,5,8-10,15H2,1H3,(H,16,17)/t12-/m0/s1. The van der Waals surface area contributed by atoms with Gasteiger partial charge >= 0.3 is 0 Å². The highest BCUT2D eigenvalue weighted by molar-refractivity contribution is 5.82. The fourth-order valence-electron chi connectivity index (χ4n) is 2.18. The molecule has 0 heterocycles. The first kappa shape index (κ1) is 12.1. The SMILES string of the molecule is CC1(NC(=O)[C@@H](N)Cc2ccccc2)CCC1. The van der Waals surface area contributed by atoms with Crippen LogP contribution >= 0.6 is 0 Å². The zero-order chi connectivity index (χ0) is 12.3. The van der Waals surface area contributed by atoms with Gasteiger partial charge in [0.05, 0.1) is 6.04 Å². The molecule has 0 aromatic heterocycles. The van der Waals surface area contributed by atoms with Crippen LogP contribution in [0.5, 0.6) is 0 Å². The molecule has 1 aliphatic rings. The molecule has 1 aromatic rings. The summed E-state index contributed by atoms with van der Waals surface area (Å²) in [5, 5.41) is 3.05. The second-order valence-corrected chi connectivity index (χ2v) is 5.20. The maximum atomic E-state index is 11.9. The number of nitrogens with two attached hydrogens (primary N) is 1. The van der Waals surface area contributed by atoms with Crippen molar-refractivity contribution in [3.05, 3.63) is 35.9 Å². The van der Waals surface area contributed by atoms with Gasteiger partial charge < -0.3 is 11.1 Å². The zero-order valence-corrected chi connectivity index (χ0v) is 10.3. The molecule has 1 aromatic carbocycles. The van der Waals surface area contributed by atoms with Crippen molar-refractivity contribution in [2.24, 2.45) is 5.73 Å². The smallest absolute Gasteiger partial charge is 0.237 e. The molecule has 0 unspecified atom stereocenters. The Morgan fingerprint density at radius 1 is 1.41 bits per heavy atom. The van der Waals surface area contributed by atoms with E-state index in [0.717, 1.165) is 18.4 Å². The first-order valence-electron chi connectivity index (χ1n) is 6.21. The molecule has 0 radical (unpaired) electrons. The lowest BCUT2D eigenvalue weighted by molar-refractivity contribution is -0.125. The van der Waals surface area contributed by atoms with Crippen molar-refractivity contribution in [1.82, 2.24) is 5.32 Å². The van der Waals surface area contributed by atoms with Crippen LogP contribution in [0.4, 0.5) is 0 Å². The van der Waals surface area contributed by atoms with Gasteiger partial charge in [0.2, 0.25) is 5.91 Å². The molecule has 0 bridgehead atoms. The van der Waals surface area contributed by atoms with Crippen LogP contribution in [0, 0.1) is 0 Å². The number of hydrogen-bond acceptors (Lipinski definition) is 2. The third kappa shape index (κ3) is 3.07. The van der Waals surface area contributed by atoms with Gasteiger partial charge in [-0.15, -0.1) is 0 Å². The average molecular weight is 232 g/mol. The normalized spacial score (nSPS) is 19.2. The van der Waals surface area contributed by atoms with Gasteiger partial charge in [-0.2, -0.15) is 0 Å². The summed E-state index contributed by atoms with van der Waals surface area (Å²) in [5.74, 6) is -0.0314. The van der Waals surface area contributed by atoms with Crippen molar-refractivity contribution in [2.45, 2.75) is 44.2 Å². The zero-order valence-electron chi connectivity index (χ0n) is 10.3. The summed E-state index contributed by atoms with van der Waals surface area (Å²) in [4.78, 5) is 11.9. The molecule has 1 aliphatic carbocycles. The van der Waals surface area contributed by atoms with E-state index in [1.807, 2.05) is 30.3 Å². The van der Waals surface area contributed by atoms with Gasteiger partial charge in [-0.05, 0) is 38.2 Å². The number of carbonyl (C=O) groups excluding carboxylic acids is 1. The number of benzene rings is 1. The van der Waals surface area contributed by atoms with Crippen molar-refractivity contribution in [1.29, 1.82) is 0 Å². The summed E-state index contributed by atoms with van der Waals surface area (Å²) in [6, 6.07) is 9.44. The predicted octanol–water partition coefficient (Wildman–Crippen LogP) is 1.62. The van der Waals surface area contributed by atoms with Crippen molar-refractivity contribution in [3.8, 4) is 0 Å². The highest BCUT2D eigenvalue weighted by Crippen LogP contribution is 2.30. The lowest BCUT2D eigenvalue weighted by Crippen LogP contribution is -2.55. The predicted molar refractivity (Wildman–Crippen MR) is 68.5 cm³/mol. The highest BCUT2D eigenvalue weighted by atomic mass is 16.2. The molecule has 3 heteroatoms. The minimum atomic E-state index is -0.449. The van der Waals surface area contributed by atoms with E-state index in [2.05, 4.69) is 12.2 Å². The summed E-state index contributed by atoms with van der Waals surface area (Å²) < 4.78 is 0. The van der Waals surface area contributed by atoms with Crippen LogP contribution in [-0.4, -0.2) is 17.5 Å². The molecule has 17 heavy (non-hydrogen) atoms. The molecule has 1 saturated carbocycles. The Balaban J connectivity index is 1.87. The first-order chi connectivity index (χ1) is 8.09.